The maximum absolute atomic E-state index is 6.31. The summed E-state index contributed by atoms with van der Waals surface area (Å²) in [7, 11) is 0. The van der Waals surface area contributed by atoms with Gasteiger partial charge in [0.05, 0.1) is 0 Å². The molecule has 2 aromatic rings. The topological polar surface area (TPSA) is 26.0 Å². The lowest BCUT2D eigenvalue weighted by atomic mass is 9.96. The number of benzene rings is 2. The molecule has 0 amide bonds. The van der Waals surface area contributed by atoms with E-state index in [0.717, 1.165) is 10.9 Å². The van der Waals surface area contributed by atoms with E-state index in [1.807, 2.05) is 0 Å². The molecule has 2 rings (SSSR count). The first kappa shape index (κ1) is 13.3. The van der Waals surface area contributed by atoms with Gasteiger partial charge in [-0.2, -0.15) is 0 Å². The van der Waals surface area contributed by atoms with E-state index in [4.69, 9.17) is 5.73 Å². The Labute approximate surface area is 117 Å². The molecule has 0 bridgehead atoms. The normalized spacial score (nSPS) is 12.4. The quantitative estimate of drug-likeness (QED) is 0.898. The summed E-state index contributed by atoms with van der Waals surface area (Å²) in [5.74, 6) is 0. The van der Waals surface area contributed by atoms with Gasteiger partial charge in [0, 0.05) is 10.5 Å². The Kier molecular flexibility index (Phi) is 4.20. The molecule has 0 saturated heterocycles. The molecule has 0 saturated carbocycles. The van der Waals surface area contributed by atoms with Crippen molar-refractivity contribution < 1.29 is 0 Å². The third-order valence-corrected chi connectivity index (χ3v) is 3.71. The molecular formula is C16H18BrN. The largest absolute Gasteiger partial charge is 0.324 e. The molecule has 2 N–H and O–H groups in total. The van der Waals surface area contributed by atoms with Crippen molar-refractivity contribution in [1.29, 1.82) is 0 Å². The molecule has 1 atom stereocenters. The van der Waals surface area contributed by atoms with E-state index >= 15 is 0 Å². The van der Waals surface area contributed by atoms with E-state index < -0.39 is 0 Å². The number of hydrogen-bond donors (Lipinski definition) is 1. The Morgan fingerprint density at radius 1 is 1.06 bits per heavy atom. The fraction of sp³-hybridized carbons (Fsp3) is 0.250. The van der Waals surface area contributed by atoms with Crippen molar-refractivity contribution in [2.24, 2.45) is 5.73 Å². The maximum Gasteiger partial charge on any atom is 0.0338 e. The second kappa shape index (κ2) is 5.68. The van der Waals surface area contributed by atoms with Gasteiger partial charge < -0.3 is 5.73 Å². The summed E-state index contributed by atoms with van der Waals surface area (Å²) in [5.41, 5.74) is 11.3. The van der Waals surface area contributed by atoms with Crippen molar-refractivity contribution in [3.05, 3.63) is 69.2 Å². The van der Waals surface area contributed by atoms with E-state index in [0.29, 0.717) is 0 Å². The first-order valence-corrected chi connectivity index (χ1v) is 6.93. The molecule has 18 heavy (non-hydrogen) atoms. The Balaban J connectivity index is 2.18. The first-order valence-electron chi connectivity index (χ1n) is 6.13. The monoisotopic (exact) mass is 303 g/mol. The predicted octanol–water partition coefficient (Wildman–Crippen LogP) is 4.31. The van der Waals surface area contributed by atoms with Crippen LogP contribution in [-0.2, 0) is 6.42 Å². The van der Waals surface area contributed by atoms with Crippen LogP contribution < -0.4 is 5.73 Å². The molecule has 1 unspecified atom stereocenters. The van der Waals surface area contributed by atoms with E-state index in [-0.39, 0.29) is 6.04 Å². The highest BCUT2D eigenvalue weighted by atomic mass is 79.9. The average molecular weight is 304 g/mol. The van der Waals surface area contributed by atoms with E-state index in [2.05, 4.69) is 72.2 Å². The number of rotatable bonds is 3. The van der Waals surface area contributed by atoms with Crippen molar-refractivity contribution in [1.82, 2.24) is 0 Å². The summed E-state index contributed by atoms with van der Waals surface area (Å²) in [6.45, 7) is 4.21. The van der Waals surface area contributed by atoms with Crippen LogP contribution in [0.1, 0.15) is 28.3 Å². The Morgan fingerprint density at radius 3 is 2.39 bits per heavy atom. The SMILES string of the molecule is Cc1ccc(CC(N)c2cc(Br)ccc2C)cc1. The minimum atomic E-state index is 0.0465. The van der Waals surface area contributed by atoms with Crippen LogP contribution in [0.3, 0.4) is 0 Å². The van der Waals surface area contributed by atoms with Gasteiger partial charge in [-0.3, -0.25) is 0 Å². The lowest BCUT2D eigenvalue weighted by Crippen LogP contribution is -2.14. The molecule has 2 heteroatoms. The fourth-order valence-electron chi connectivity index (χ4n) is 2.10. The van der Waals surface area contributed by atoms with Crippen LogP contribution in [0.15, 0.2) is 46.9 Å². The molecule has 0 aliphatic heterocycles. The molecular weight excluding hydrogens is 286 g/mol. The molecule has 94 valence electrons. The molecule has 0 aliphatic carbocycles. The van der Waals surface area contributed by atoms with Gasteiger partial charge in [0.2, 0.25) is 0 Å². The van der Waals surface area contributed by atoms with Crippen molar-refractivity contribution >= 4 is 15.9 Å². The number of nitrogens with two attached hydrogens (primary N) is 1. The van der Waals surface area contributed by atoms with Crippen LogP contribution in [0, 0.1) is 13.8 Å². The highest BCUT2D eigenvalue weighted by Gasteiger charge is 2.10. The molecule has 0 aliphatic rings. The summed E-state index contributed by atoms with van der Waals surface area (Å²) >= 11 is 3.50. The van der Waals surface area contributed by atoms with Crippen LogP contribution in [0.2, 0.25) is 0 Å². The number of halogens is 1. The van der Waals surface area contributed by atoms with Crippen molar-refractivity contribution in [3.63, 3.8) is 0 Å². The summed E-state index contributed by atoms with van der Waals surface area (Å²) in [6, 6.07) is 14.9. The molecule has 0 radical (unpaired) electrons. The fourth-order valence-corrected chi connectivity index (χ4v) is 2.48. The zero-order valence-corrected chi connectivity index (χ0v) is 12.4. The molecule has 2 aromatic carbocycles. The Morgan fingerprint density at radius 2 is 1.72 bits per heavy atom. The smallest absolute Gasteiger partial charge is 0.0338 e. The molecule has 1 nitrogen and oxygen atoms in total. The van der Waals surface area contributed by atoms with Gasteiger partial charge in [-0.1, -0.05) is 51.8 Å². The second-order valence-electron chi connectivity index (χ2n) is 4.80. The molecule has 0 fully saturated rings. The predicted molar refractivity (Wildman–Crippen MR) is 80.7 cm³/mol. The van der Waals surface area contributed by atoms with Crippen molar-refractivity contribution in [2.45, 2.75) is 26.3 Å². The van der Waals surface area contributed by atoms with Crippen molar-refractivity contribution in [3.8, 4) is 0 Å². The van der Waals surface area contributed by atoms with Gasteiger partial charge in [-0.15, -0.1) is 0 Å². The molecule has 0 spiro atoms. The van der Waals surface area contributed by atoms with E-state index in [1.165, 1.54) is 22.3 Å². The zero-order valence-electron chi connectivity index (χ0n) is 10.8. The highest BCUT2D eigenvalue weighted by Crippen LogP contribution is 2.23. The van der Waals surface area contributed by atoms with Crippen LogP contribution >= 0.6 is 15.9 Å². The van der Waals surface area contributed by atoms with Crippen molar-refractivity contribution in [2.75, 3.05) is 0 Å². The first-order chi connectivity index (χ1) is 8.56. The van der Waals surface area contributed by atoms with Gasteiger partial charge in [0.1, 0.15) is 0 Å². The highest BCUT2D eigenvalue weighted by molar-refractivity contribution is 9.10. The average Bonchev–Trinajstić information content (AvgIpc) is 2.35. The summed E-state index contributed by atoms with van der Waals surface area (Å²) in [5, 5.41) is 0. The van der Waals surface area contributed by atoms with Gasteiger partial charge in [0.25, 0.3) is 0 Å². The summed E-state index contributed by atoms with van der Waals surface area (Å²) in [6.07, 6.45) is 0.873. The van der Waals surface area contributed by atoms with Gasteiger partial charge in [-0.05, 0) is 49.1 Å². The van der Waals surface area contributed by atoms with Gasteiger partial charge >= 0.3 is 0 Å². The van der Waals surface area contributed by atoms with Crippen LogP contribution in [-0.4, -0.2) is 0 Å². The minimum absolute atomic E-state index is 0.0465. The maximum atomic E-state index is 6.31. The van der Waals surface area contributed by atoms with Crippen LogP contribution in [0.4, 0.5) is 0 Å². The van der Waals surface area contributed by atoms with E-state index in [1.54, 1.807) is 0 Å². The third-order valence-electron chi connectivity index (χ3n) is 3.22. The standard InChI is InChI=1S/C16H18BrN/c1-11-3-6-13(7-4-11)9-16(18)15-10-14(17)8-5-12(15)2/h3-8,10,16H,9,18H2,1-2H3. The zero-order chi connectivity index (χ0) is 13.1. The molecule has 0 heterocycles. The third kappa shape index (κ3) is 3.21. The van der Waals surface area contributed by atoms with E-state index in [9.17, 15) is 0 Å². The lowest BCUT2D eigenvalue weighted by Gasteiger charge is -2.15. The summed E-state index contributed by atoms with van der Waals surface area (Å²) < 4.78 is 1.09. The van der Waals surface area contributed by atoms with Crippen LogP contribution in [0.5, 0.6) is 0 Å². The van der Waals surface area contributed by atoms with Gasteiger partial charge in [0.15, 0.2) is 0 Å². The molecule has 0 aromatic heterocycles. The second-order valence-corrected chi connectivity index (χ2v) is 5.71. The van der Waals surface area contributed by atoms with Gasteiger partial charge in [-0.25, -0.2) is 0 Å². The summed E-state index contributed by atoms with van der Waals surface area (Å²) in [4.78, 5) is 0. The number of hydrogen-bond acceptors (Lipinski definition) is 1. The van der Waals surface area contributed by atoms with Crippen LogP contribution in [0.25, 0.3) is 0 Å². The number of aryl methyl sites for hydroxylation is 2. The minimum Gasteiger partial charge on any atom is -0.324 e. The lowest BCUT2D eigenvalue weighted by molar-refractivity contribution is 0.716. The Bertz CT molecular complexity index is 531. The Hall–Kier alpha value is -1.12.